The summed E-state index contributed by atoms with van der Waals surface area (Å²) in [6, 6.07) is 11.2. The number of rotatable bonds is 6. The number of benzene rings is 1. The number of likely N-dealkylation sites (tertiary alicyclic amines) is 1. The monoisotopic (exact) mass is 397 g/mol. The van der Waals surface area contributed by atoms with Crippen LogP contribution in [0.4, 0.5) is 0 Å². The topological polar surface area (TPSA) is 34.1 Å². The van der Waals surface area contributed by atoms with Crippen LogP contribution in [-0.4, -0.2) is 85.6 Å². The van der Waals surface area contributed by atoms with Crippen molar-refractivity contribution >= 4 is 12.0 Å². The maximum Gasteiger partial charge on any atom is 0.193 e. The second-order valence-corrected chi connectivity index (χ2v) is 8.21. The van der Waals surface area contributed by atoms with E-state index in [9.17, 15) is 0 Å². The number of hydrogen-bond donors (Lipinski definition) is 1. The smallest absolute Gasteiger partial charge is 0.193 e. The van der Waals surface area contributed by atoms with E-state index < -0.39 is 0 Å². The number of guanidine groups is 1. The van der Waals surface area contributed by atoms with E-state index in [1.54, 1.807) is 5.57 Å². The molecular formula is C24H39N5. The molecular weight excluding hydrogens is 358 g/mol. The minimum atomic E-state index is 0.501. The average molecular weight is 398 g/mol. The molecule has 0 aliphatic carbocycles. The van der Waals surface area contributed by atoms with Gasteiger partial charge in [0.15, 0.2) is 5.96 Å². The van der Waals surface area contributed by atoms with Crippen LogP contribution in [0, 0.1) is 0 Å². The minimum Gasteiger partial charge on any atom is -0.357 e. The largest absolute Gasteiger partial charge is 0.357 e. The number of piperazine rings is 1. The fourth-order valence-electron chi connectivity index (χ4n) is 4.22. The lowest BCUT2D eigenvalue weighted by Gasteiger charge is -2.37. The van der Waals surface area contributed by atoms with Gasteiger partial charge in [-0.25, -0.2) is 0 Å². The molecule has 29 heavy (non-hydrogen) atoms. The van der Waals surface area contributed by atoms with Gasteiger partial charge in [-0.2, -0.15) is 0 Å². The number of hydrogen-bond acceptors (Lipinski definition) is 3. The first-order valence-corrected chi connectivity index (χ1v) is 11.4. The molecule has 2 fully saturated rings. The van der Waals surface area contributed by atoms with Crippen molar-refractivity contribution in [3.8, 4) is 0 Å². The maximum atomic E-state index is 5.02. The van der Waals surface area contributed by atoms with Gasteiger partial charge in [-0.1, -0.05) is 48.9 Å². The van der Waals surface area contributed by atoms with Crippen molar-refractivity contribution in [3.05, 3.63) is 41.5 Å². The molecule has 2 aliphatic rings. The van der Waals surface area contributed by atoms with Crippen molar-refractivity contribution in [2.24, 2.45) is 4.99 Å². The van der Waals surface area contributed by atoms with E-state index in [0.29, 0.717) is 6.04 Å². The first-order chi connectivity index (χ1) is 14.2. The fourth-order valence-corrected chi connectivity index (χ4v) is 4.22. The van der Waals surface area contributed by atoms with Crippen LogP contribution in [0.2, 0.25) is 0 Å². The van der Waals surface area contributed by atoms with E-state index in [4.69, 9.17) is 4.99 Å². The Morgan fingerprint density at radius 1 is 1.03 bits per heavy atom. The Morgan fingerprint density at radius 3 is 2.34 bits per heavy atom. The highest BCUT2D eigenvalue weighted by Gasteiger charge is 2.21. The van der Waals surface area contributed by atoms with Crippen molar-refractivity contribution in [1.29, 1.82) is 0 Å². The second kappa shape index (κ2) is 11.4. The molecule has 3 rings (SSSR count). The van der Waals surface area contributed by atoms with Gasteiger partial charge in [0.25, 0.3) is 0 Å². The lowest BCUT2D eigenvalue weighted by Crippen LogP contribution is -2.50. The lowest BCUT2D eigenvalue weighted by molar-refractivity contribution is 0.109. The van der Waals surface area contributed by atoms with Crippen LogP contribution < -0.4 is 5.32 Å². The molecule has 1 unspecified atom stereocenters. The molecule has 160 valence electrons. The van der Waals surface area contributed by atoms with Gasteiger partial charge in [0.2, 0.25) is 0 Å². The summed E-state index contributed by atoms with van der Waals surface area (Å²) in [5.41, 5.74) is 2.86. The van der Waals surface area contributed by atoms with E-state index in [-0.39, 0.29) is 0 Å². The quantitative estimate of drug-likeness (QED) is 0.591. The fraction of sp³-hybridized carbons (Fsp3) is 0.625. The van der Waals surface area contributed by atoms with Gasteiger partial charge in [0, 0.05) is 51.9 Å². The van der Waals surface area contributed by atoms with E-state index in [0.717, 1.165) is 45.0 Å². The van der Waals surface area contributed by atoms with Crippen LogP contribution in [0.15, 0.2) is 40.9 Å². The van der Waals surface area contributed by atoms with Crippen molar-refractivity contribution in [3.63, 3.8) is 0 Å². The third-order valence-electron chi connectivity index (χ3n) is 6.19. The predicted octanol–water partition coefficient (Wildman–Crippen LogP) is 3.16. The highest BCUT2D eigenvalue weighted by atomic mass is 15.3. The Hall–Kier alpha value is -1.85. The summed E-state index contributed by atoms with van der Waals surface area (Å²) in [5, 5.41) is 3.52. The van der Waals surface area contributed by atoms with Gasteiger partial charge < -0.3 is 15.1 Å². The number of nitrogens with one attached hydrogen (secondary N) is 1. The Bertz CT molecular complexity index is 651. The van der Waals surface area contributed by atoms with Gasteiger partial charge in [0.1, 0.15) is 0 Å². The zero-order valence-electron chi connectivity index (χ0n) is 18.6. The highest BCUT2D eigenvalue weighted by molar-refractivity contribution is 5.80. The normalized spacial score (nSPS) is 20.6. The molecule has 1 N–H and O–H groups in total. The molecule has 1 aromatic rings. The van der Waals surface area contributed by atoms with Crippen LogP contribution in [0.5, 0.6) is 0 Å². The molecule has 2 heterocycles. The second-order valence-electron chi connectivity index (χ2n) is 8.21. The lowest BCUT2D eigenvalue weighted by atomic mass is 10.0. The molecule has 0 saturated carbocycles. The van der Waals surface area contributed by atoms with Gasteiger partial charge in [-0.15, -0.1) is 0 Å². The molecule has 5 heteroatoms. The molecule has 0 amide bonds. The molecule has 1 aromatic carbocycles. The number of likely N-dealkylation sites (N-methyl/N-ethyl adjacent to an activating group) is 1. The summed E-state index contributed by atoms with van der Waals surface area (Å²) in [6.45, 7) is 16.5. The number of aliphatic imine (C=N–C) groups is 1. The molecule has 1 atom stereocenters. The van der Waals surface area contributed by atoms with Gasteiger partial charge in [0.05, 0.1) is 6.54 Å². The van der Waals surface area contributed by atoms with E-state index in [1.807, 2.05) is 0 Å². The van der Waals surface area contributed by atoms with Gasteiger partial charge in [-0.3, -0.25) is 9.89 Å². The zero-order chi connectivity index (χ0) is 20.5. The molecule has 2 aliphatic heterocycles. The van der Waals surface area contributed by atoms with Crippen molar-refractivity contribution in [2.45, 2.75) is 39.7 Å². The first-order valence-electron chi connectivity index (χ1n) is 11.4. The minimum absolute atomic E-state index is 0.501. The SMILES string of the molecule is CCNC(=NCC(C)N1CCN(CC)CC1)N1CCC(=Cc2ccccc2)CC1. The van der Waals surface area contributed by atoms with E-state index in [2.05, 4.69) is 77.2 Å². The molecule has 5 nitrogen and oxygen atoms in total. The van der Waals surface area contributed by atoms with Crippen molar-refractivity contribution in [2.75, 3.05) is 58.9 Å². The average Bonchev–Trinajstić information content (AvgIpc) is 2.78. The molecule has 0 aromatic heterocycles. The third-order valence-corrected chi connectivity index (χ3v) is 6.19. The van der Waals surface area contributed by atoms with E-state index in [1.165, 1.54) is 38.3 Å². The summed E-state index contributed by atoms with van der Waals surface area (Å²) in [6.07, 6.45) is 4.60. The summed E-state index contributed by atoms with van der Waals surface area (Å²) in [4.78, 5) is 12.6. The van der Waals surface area contributed by atoms with Gasteiger partial charge >= 0.3 is 0 Å². The molecule has 0 radical (unpaired) electrons. The Kier molecular flexibility index (Phi) is 8.56. The number of nitrogens with zero attached hydrogens (tertiary/aromatic N) is 4. The van der Waals surface area contributed by atoms with Crippen LogP contribution >= 0.6 is 0 Å². The predicted molar refractivity (Wildman–Crippen MR) is 124 cm³/mol. The third kappa shape index (κ3) is 6.58. The summed E-state index contributed by atoms with van der Waals surface area (Å²) >= 11 is 0. The maximum absolute atomic E-state index is 5.02. The Balaban J connectivity index is 1.52. The van der Waals surface area contributed by atoms with Crippen LogP contribution in [-0.2, 0) is 0 Å². The molecule has 0 bridgehead atoms. The van der Waals surface area contributed by atoms with Crippen molar-refractivity contribution in [1.82, 2.24) is 20.0 Å². The molecule has 2 saturated heterocycles. The number of piperidine rings is 1. The summed E-state index contributed by atoms with van der Waals surface area (Å²) in [7, 11) is 0. The highest BCUT2D eigenvalue weighted by Crippen LogP contribution is 2.19. The first kappa shape index (κ1) is 21.8. The Morgan fingerprint density at radius 2 is 1.72 bits per heavy atom. The van der Waals surface area contributed by atoms with Crippen LogP contribution in [0.25, 0.3) is 6.08 Å². The van der Waals surface area contributed by atoms with Crippen molar-refractivity contribution < 1.29 is 0 Å². The summed E-state index contributed by atoms with van der Waals surface area (Å²) < 4.78 is 0. The Labute approximate surface area is 177 Å². The van der Waals surface area contributed by atoms with E-state index >= 15 is 0 Å². The van der Waals surface area contributed by atoms with Crippen LogP contribution in [0.3, 0.4) is 0 Å². The standard InChI is InChI=1S/C24H39N5/c1-4-25-24(26-20-21(3)28-17-15-27(5-2)16-18-28)29-13-11-23(12-14-29)19-22-9-7-6-8-10-22/h6-10,19,21H,4-5,11-18,20H2,1-3H3,(H,25,26). The van der Waals surface area contributed by atoms with Gasteiger partial charge in [-0.05, 0) is 38.8 Å². The zero-order valence-corrected chi connectivity index (χ0v) is 18.6. The summed E-state index contributed by atoms with van der Waals surface area (Å²) in [5.74, 6) is 1.09. The molecule has 0 spiro atoms. The van der Waals surface area contributed by atoms with Crippen LogP contribution in [0.1, 0.15) is 39.2 Å².